The van der Waals surface area contributed by atoms with Crippen molar-refractivity contribution in [3.05, 3.63) is 42.1 Å². The molecule has 0 saturated heterocycles. The number of nitrogens with two attached hydrogens (primary N) is 1. The summed E-state index contributed by atoms with van der Waals surface area (Å²) in [5, 5.41) is 0. The summed E-state index contributed by atoms with van der Waals surface area (Å²) in [4.78, 5) is 0. The van der Waals surface area contributed by atoms with Gasteiger partial charge in [-0.1, -0.05) is 24.3 Å². The maximum Gasteiger partial charge on any atom is 0.122 e. The molecule has 1 aliphatic heterocycles. The molecule has 74 valence electrons. The molecule has 2 rings (SSSR count). The third-order valence-corrected chi connectivity index (χ3v) is 2.64. The predicted octanol–water partition coefficient (Wildman–Crippen LogP) is 2.42. The van der Waals surface area contributed by atoms with E-state index >= 15 is 0 Å². The van der Waals surface area contributed by atoms with Crippen molar-refractivity contribution < 1.29 is 4.74 Å². The van der Waals surface area contributed by atoms with Crippen molar-refractivity contribution in [3.8, 4) is 5.75 Å². The summed E-state index contributed by atoms with van der Waals surface area (Å²) in [5.74, 6) is 1.61. The Hall–Kier alpha value is -1.44. The third kappa shape index (κ3) is 1.74. The van der Waals surface area contributed by atoms with E-state index in [4.69, 9.17) is 10.5 Å². The number of hydrogen-bond acceptors (Lipinski definition) is 2. The van der Waals surface area contributed by atoms with Crippen molar-refractivity contribution in [2.24, 2.45) is 5.73 Å². The Labute approximate surface area is 84.4 Å². The number of rotatable bonds is 2. The Morgan fingerprint density at radius 2 is 2.29 bits per heavy atom. The van der Waals surface area contributed by atoms with E-state index in [1.807, 2.05) is 18.2 Å². The van der Waals surface area contributed by atoms with Crippen LogP contribution in [-0.4, -0.2) is 6.61 Å². The molecule has 2 heteroatoms. The molecule has 0 saturated carbocycles. The van der Waals surface area contributed by atoms with Gasteiger partial charge in [0.2, 0.25) is 0 Å². The molecule has 0 bridgehead atoms. The van der Waals surface area contributed by atoms with Gasteiger partial charge in [-0.2, -0.15) is 0 Å². The molecule has 14 heavy (non-hydrogen) atoms. The van der Waals surface area contributed by atoms with E-state index in [1.54, 1.807) is 6.20 Å². The Morgan fingerprint density at radius 1 is 1.43 bits per heavy atom. The fraction of sp³-hybridized carbons (Fsp3) is 0.333. The molecule has 1 atom stereocenters. The average molecular weight is 189 g/mol. The quantitative estimate of drug-likeness (QED) is 0.775. The van der Waals surface area contributed by atoms with Crippen LogP contribution < -0.4 is 10.5 Å². The molecule has 2 N–H and O–H groups in total. The minimum atomic E-state index is 0.569. The first kappa shape index (κ1) is 9.13. The summed E-state index contributed by atoms with van der Waals surface area (Å²) >= 11 is 0. The molecular weight excluding hydrogens is 174 g/mol. The first-order valence-corrected chi connectivity index (χ1v) is 5.00. The molecule has 0 radical (unpaired) electrons. The molecule has 1 unspecified atom stereocenters. The summed E-state index contributed by atoms with van der Waals surface area (Å²) < 4.78 is 5.58. The van der Waals surface area contributed by atoms with Gasteiger partial charge in [-0.25, -0.2) is 0 Å². The van der Waals surface area contributed by atoms with E-state index in [0.717, 1.165) is 25.2 Å². The van der Waals surface area contributed by atoms with Crippen LogP contribution in [0, 0.1) is 0 Å². The van der Waals surface area contributed by atoms with Gasteiger partial charge in [0.25, 0.3) is 0 Å². The van der Waals surface area contributed by atoms with Crippen LogP contribution in [0.1, 0.15) is 24.3 Å². The fourth-order valence-electron chi connectivity index (χ4n) is 1.90. The topological polar surface area (TPSA) is 35.2 Å². The van der Waals surface area contributed by atoms with Crippen LogP contribution in [0.25, 0.3) is 0 Å². The standard InChI is InChI=1S/C12H15NO/c13-8-3-4-10-7-9-14-12-6-2-1-5-11(10)12/h1-3,5-6,8,10H,4,7,9,13H2. The summed E-state index contributed by atoms with van der Waals surface area (Å²) in [6.07, 6.45) is 5.74. The van der Waals surface area contributed by atoms with Crippen LogP contribution in [0.3, 0.4) is 0 Å². The summed E-state index contributed by atoms with van der Waals surface area (Å²) in [6.45, 7) is 0.820. The molecule has 1 aromatic rings. The number of allylic oxidation sites excluding steroid dienone is 1. The second-order valence-corrected chi connectivity index (χ2v) is 3.54. The molecule has 0 amide bonds. The second-order valence-electron chi connectivity index (χ2n) is 3.54. The van der Waals surface area contributed by atoms with Crippen molar-refractivity contribution in [2.75, 3.05) is 6.61 Å². The van der Waals surface area contributed by atoms with Crippen LogP contribution in [-0.2, 0) is 0 Å². The maximum atomic E-state index is 5.58. The molecule has 2 nitrogen and oxygen atoms in total. The van der Waals surface area contributed by atoms with Gasteiger partial charge in [-0.15, -0.1) is 0 Å². The van der Waals surface area contributed by atoms with Crippen LogP contribution >= 0.6 is 0 Å². The largest absolute Gasteiger partial charge is 0.493 e. The smallest absolute Gasteiger partial charge is 0.122 e. The predicted molar refractivity (Wildman–Crippen MR) is 57.2 cm³/mol. The van der Waals surface area contributed by atoms with Crippen LogP contribution in [0.2, 0.25) is 0 Å². The minimum Gasteiger partial charge on any atom is -0.493 e. The summed E-state index contributed by atoms with van der Waals surface area (Å²) in [7, 11) is 0. The maximum absolute atomic E-state index is 5.58. The Bertz CT molecular complexity index is 333. The number of fused-ring (bicyclic) bond motifs is 1. The molecule has 0 spiro atoms. The lowest BCUT2D eigenvalue weighted by Gasteiger charge is -2.24. The highest BCUT2D eigenvalue weighted by Crippen LogP contribution is 2.35. The lowest BCUT2D eigenvalue weighted by molar-refractivity contribution is 0.267. The first-order valence-electron chi connectivity index (χ1n) is 5.00. The lowest BCUT2D eigenvalue weighted by Crippen LogP contribution is -2.13. The molecular formula is C12H15NO. The Kier molecular flexibility index (Phi) is 2.73. The zero-order valence-corrected chi connectivity index (χ0v) is 8.15. The van der Waals surface area contributed by atoms with E-state index in [-0.39, 0.29) is 0 Å². The molecule has 0 aromatic heterocycles. The molecule has 1 heterocycles. The average Bonchev–Trinajstić information content (AvgIpc) is 2.26. The number of para-hydroxylation sites is 1. The van der Waals surface area contributed by atoms with Gasteiger partial charge < -0.3 is 10.5 Å². The molecule has 1 aromatic carbocycles. The van der Waals surface area contributed by atoms with Crippen molar-refractivity contribution >= 4 is 0 Å². The van der Waals surface area contributed by atoms with Gasteiger partial charge in [0.1, 0.15) is 5.75 Å². The van der Waals surface area contributed by atoms with E-state index in [9.17, 15) is 0 Å². The summed E-state index contributed by atoms with van der Waals surface area (Å²) in [6, 6.07) is 8.25. The highest BCUT2D eigenvalue weighted by atomic mass is 16.5. The van der Waals surface area contributed by atoms with E-state index in [0.29, 0.717) is 5.92 Å². The highest BCUT2D eigenvalue weighted by Gasteiger charge is 2.19. The van der Waals surface area contributed by atoms with E-state index in [2.05, 4.69) is 12.1 Å². The molecule has 0 aliphatic carbocycles. The van der Waals surface area contributed by atoms with Gasteiger partial charge in [0.15, 0.2) is 0 Å². The Balaban J connectivity index is 2.22. The normalized spacial score (nSPS) is 20.4. The first-order chi connectivity index (χ1) is 6.92. The SMILES string of the molecule is NC=CCC1CCOc2ccccc21. The van der Waals surface area contributed by atoms with Crippen molar-refractivity contribution in [1.82, 2.24) is 0 Å². The minimum absolute atomic E-state index is 0.569. The van der Waals surface area contributed by atoms with Crippen molar-refractivity contribution in [1.29, 1.82) is 0 Å². The van der Waals surface area contributed by atoms with Crippen LogP contribution in [0.4, 0.5) is 0 Å². The van der Waals surface area contributed by atoms with Gasteiger partial charge in [-0.3, -0.25) is 0 Å². The van der Waals surface area contributed by atoms with E-state index in [1.165, 1.54) is 5.56 Å². The number of hydrogen-bond donors (Lipinski definition) is 1. The highest BCUT2D eigenvalue weighted by molar-refractivity contribution is 5.37. The van der Waals surface area contributed by atoms with Gasteiger partial charge in [0.05, 0.1) is 6.61 Å². The fourth-order valence-corrected chi connectivity index (χ4v) is 1.90. The zero-order valence-electron chi connectivity index (χ0n) is 8.15. The third-order valence-electron chi connectivity index (χ3n) is 2.64. The van der Waals surface area contributed by atoms with E-state index < -0.39 is 0 Å². The number of ether oxygens (including phenoxy) is 1. The molecule has 0 fully saturated rings. The van der Waals surface area contributed by atoms with Crippen LogP contribution in [0.5, 0.6) is 5.75 Å². The lowest BCUT2D eigenvalue weighted by atomic mass is 9.90. The van der Waals surface area contributed by atoms with Crippen molar-refractivity contribution in [3.63, 3.8) is 0 Å². The van der Waals surface area contributed by atoms with Crippen LogP contribution in [0.15, 0.2) is 36.5 Å². The van der Waals surface area contributed by atoms with Gasteiger partial charge >= 0.3 is 0 Å². The summed E-state index contributed by atoms with van der Waals surface area (Å²) in [5.41, 5.74) is 6.67. The second kappa shape index (κ2) is 4.18. The molecule has 1 aliphatic rings. The monoisotopic (exact) mass is 189 g/mol. The Morgan fingerprint density at radius 3 is 3.14 bits per heavy atom. The van der Waals surface area contributed by atoms with Crippen molar-refractivity contribution in [2.45, 2.75) is 18.8 Å². The van der Waals surface area contributed by atoms with Gasteiger partial charge in [0, 0.05) is 0 Å². The van der Waals surface area contributed by atoms with Gasteiger partial charge in [-0.05, 0) is 36.6 Å². The number of benzene rings is 1. The zero-order chi connectivity index (χ0) is 9.80.